The number of rotatable bonds is 3. The molecule has 3 heteroatoms. The summed E-state index contributed by atoms with van der Waals surface area (Å²) in [6, 6.07) is 61.6. The van der Waals surface area contributed by atoms with Gasteiger partial charge in [0.1, 0.15) is 0 Å². The van der Waals surface area contributed by atoms with E-state index in [4.69, 9.17) is 0 Å². The first kappa shape index (κ1) is 31.2. The van der Waals surface area contributed by atoms with Gasteiger partial charge in [-0.05, 0) is 104 Å². The minimum atomic E-state index is -0.0500. The molecular weight excluding hydrogens is 651 g/mol. The number of hydrogen-bond donors (Lipinski definition) is 0. The number of anilines is 2. The molecule has 0 N–H and O–H groups in total. The highest BCUT2D eigenvalue weighted by Gasteiger charge is 2.44. The largest absolute Gasteiger partial charge is 0.376 e. The third-order valence-corrected chi connectivity index (χ3v) is 11.9. The molecule has 0 amide bonds. The molecule has 256 valence electrons. The molecule has 0 aliphatic carbocycles. The van der Waals surface area contributed by atoms with Crippen molar-refractivity contribution >= 4 is 61.7 Å². The van der Waals surface area contributed by atoms with Crippen LogP contribution in [0.1, 0.15) is 31.9 Å². The van der Waals surface area contributed by atoms with Crippen molar-refractivity contribution in [2.45, 2.75) is 33.1 Å². The first-order valence-electron chi connectivity index (χ1n) is 19.1. The maximum Gasteiger partial charge on any atom is 0.333 e. The number of aromatic nitrogens is 1. The topological polar surface area (TPSA) is 8.17 Å². The lowest BCUT2D eigenvalue weighted by atomic mass is 9.43. The van der Waals surface area contributed by atoms with E-state index in [1.807, 2.05) is 0 Å². The summed E-state index contributed by atoms with van der Waals surface area (Å²) in [6.45, 7) is 9.10. The molecule has 3 heterocycles. The van der Waals surface area contributed by atoms with E-state index in [1.165, 1.54) is 105 Å². The molecule has 2 nitrogen and oxygen atoms in total. The lowest BCUT2D eigenvalue weighted by Crippen LogP contribution is -2.60. The minimum absolute atomic E-state index is 0.0500. The number of fused-ring (bicyclic) bond motifs is 9. The second kappa shape index (κ2) is 11.3. The number of benzene rings is 8. The highest BCUT2D eigenvalue weighted by atomic mass is 15.1. The Morgan fingerprint density at radius 1 is 0.519 bits per heavy atom. The fourth-order valence-corrected chi connectivity index (χ4v) is 9.40. The van der Waals surface area contributed by atoms with Crippen molar-refractivity contribution in [3.63, 3.8) is 0 Å². The van der Waals surface area contributed by atoms with Crippen molar-refractivity contribution in [3.05, 3.63) is 175 Å². The van der Waals surface area contributed by atoms with E-state index in [-0.39, 0.29) is 12.3 Å². The Bertz CT molecular complexity index is 2970. The smallest absolute Gasteiger partial charge is 0.333 e. The van der Waals surface area contributed by atoms with E-state index < -0.39 is 0 Å². The van der Waals surface area contributed by atoms with Crippen LogP contribution in [0.4, 0.5) is 11.4 Å². The third kappa shape index (κ3) is 4.48. The average Bonchev–Trinajstić information content (AvgIpc) is 3.53. The van der Waals surface area contributed by atoms with Crippen LogP contribution >= 0.6 is 0 Å². The Hall–Kier alpha value is -6.32. The van der Waals surface area contributed by atoms with Crippen LogP contribution in [0.3, 0.4) is 0 Å². The Morgan fingerprint density at radius 3 is 1.94 bits per heavy atom. The lowest BCUT2D eigenvalue weighted by Gasteiger charge is -2.43. The number of aryl methyl sites for hydroxylation is 1. The van der Waals surface area contributed by atoms with Crippen molar-refractivity contribution in [2.24, 2.45) is 0 Å². The molecule has 0 bridgehead atoms. The Morgan fingerprint density at radius 2 is 1.20 bits per heavy atom. The van der Waals surface area contributed by atoms with Gasteiger partial charge in [-0.3, -0.25) is 0 Å². The normalized spacial score (nSPS) is 13.1. The summed E-state index contributed by atoms with van der Waals surface area (Å²) in [5.41, 5.74) is 19.2. The van der Waals surface area contributed by atoms with Crippen LogP contribution in [0.5, 0.6) is 0 Å². The second-order valence-corrected chi connectivity index (χ2v) is 16.3. The predicted molar refractivity (Wildman–Crippen MR) is 232 cm³/mol. The molecule has 0 fully saturated rings. The first-order valence-corrected chi connectivity index (χ1v) is 19.1. The molecule has 0 spiro atoms. The van der Waals surface area contributed by atoms with Gasteiger partial charge in [0, 0.05) is 38.8 Å². The summed E-state index contributed by atoms with van der Waals surface area (Å²) >= 11 is 0. The number of hydrogen-bond acceptors (Lipinski definition) is 1. The van der Waals surface area contributed by atoms with Crippen molar-refractivity contribution in [1.29, 1.82) is 0 Å². The standard InChI is InChI=1S/C51H39BN2/c1-32-27-43-41-25-19-35-17-11-12-18-40(35)49(41)54(39-23-21-38(22-24-39)51(2,3)4)52-45-31-37(34-15-9-6-10-16-34)30-44-42-29-36(33-13-7-5-8-14-33)20-26-46(42)53(50(44)45)47(28-32)48(43)52/h5-31H,1-4H3. The van der Waals surface area contributed by atoms with Gasteiger partial charge in [0.2, 0.25) is 0 Å². The summed E-state index contributed by atoms with van der Waals surface area (Å²) in [5.74, 6) is 0. The molecule has 11 rings (SSSR count). The SMILES string of the molecule is Cc1cc2c3c(c1)-n1c4ccc(-c5ccccc5)cc4c4cc(-c5ccccc5)cc(c41)B3N(c1ccc(C(C)(C)C)cc1)c1c-2ccc2ccccc12. The van der Waals surface area contributed by atoms with Gasteiger partial charge in [-0.25, -0.2) is 0 Å². The highest BCUT2D eigenvalue weighted by Crippen LogP contribution is 2.48. The molecule has 9 aromatic rings. The highest BCUT2D eigenvalue weighted by molar-refractivity contribution is 6.94. The maximum atomic E-state index is 2.67. The van der Waals surface area contributed by atoms with Crippen LogP contribution in [-0.4, -0.2) is 11.4 Å². The van der Waals surface area contributed by atoms with Crippen molar-refractivity contribution in [2.75, 3.05) is 4.81 Å². The second-order valence-electron chi connectivity index (χ2n) is 16.3. The van der Waals surface area contributed by atoms with E-state index >= 15 is 0 Å². The van der Waals surface area contributed by atoms with Crippen molar-refractivity contribution in [3.8, 4) is 39.1 Å². The summed E-state index contributed by atoms with van der Waals surface area (Å²) in [4.78, 5) is 2.67. The predicted octanol–water partition coefficient (Wildman–Crippen LogP) is 12.1. The van der Waals surface area contributed by atoms with Gasteiger partial charge in [0.15, 0.2) is 0 Å². The zero-order valence-corrected chi connectivity index (χ0v) is 31.1. The molecule has 0 atom stereocenters. The van der Waals surface area contributed by atoms with Gasteiger partial charge in [0.05, 0.1) is 11.0 Å². The van der Waals surface area contributed by atoms with Gasteiger partial charge in [0.25, 0.3) is 0 Å². The van der Waals surface area contributed by atoms with Gasteiger partial charge in [-0.2, -0.15) is 0 Å². The van der Waals surface area contributed by atoms with Crippen LogP contribution in [0.2, 0.25) is 0 Å². The molecule has 0 unspecified atom stereocenters. The van der Waals surface area contributed by atoms with E-state index in [0.29, 0.717) is 0 Å². The summed E-state index contributed by atoms with van der Waals surface area (Å²) in [5, 5.41) is 5.10. The zero-order chi connectivity index (χ0) is 36.3. The Balaban J connectivity index is 1.30. The molecule has 1 aromatic heterocycles. The fourth-order valence-electron chi connectivity index (χ4n) is 9.40. The van der Waals surface area contributed by atoms with Crippen LogP contribution in [0.25, 0.3) is 71.6 Å². The summed E-state index contributed by atoms with van der Waals surface area (Å²) in [7, 11) is 0. The Kier molecular flexibility index (Phi) is 6.56. The number of nitrogens with zero attached hydrogens (tertiary/aromatic N) is 2. The molecule has 0 saturated carbocycles. The molecule has 0 saturated heterocycles. The van der Waals surface area contributed by atoms with Crippen LogP contribution in [-0.2, 0) is 5.41 Å². The summed E-state index contributed by atoms with van der Waals surface area (Å²) < 4.78 is 2.58. The molecule has 54 heavy (non-hydrogen) atoms. The van der Waals surface area contributed by atoms with Gasteiger partial charge in [-0.15, -0.1) is 0 Å². The molecule has 8 aromatic carbocycles. The van der Waals surface area contributed by atoms with Crippen LogP contribution < -0.4 is 15.7 Å². The van der Waals surface area contributed by atoms with E-state index in [9.17, 15) is 0 Å². The monoisotopic (exact) mass is 690 g/mol. The van der Waals surface area contributed by atoms with Crippen LogP contribution in [0, 0.1) is 6.92 Å². The van der Waals surface area contributed by atoms with Gasteiger partial charge in [-0.1, -0.05) is 148 Å². The first-order chi connectivity index (χ1) is 26.3. The average molecular weight is 691 g/mol. The molecular formula is C51H39BN2. The lowest BCUT2D eigenvalue weighted by molar-refractivity contribution is 0.590. The molecule has 0 radical (unpaired) electrons. The zero-order valence-electron chi connectivity index (χ0n) is 31.1. The quantitative estimate of drug-likeness (QED) is 0.168. The molecule has 2 aliphatic rings. The van der Waals surface area contributed by atoms with E-state index in [1.54, 1.807) is 0 Å². The molecule has 2 aliphatic heterocycles. The summed E-state index contributed by atoms with van der Waals surface area (Å²) in [6.07, 6.45) is 0. The van der Waals surface area contributed by atoms with E-state index in [0.717, 1.165) is 0 Å². The minimum Gasteiger partial charge on any atom is -0.376 e. The van der Waals surface area contributed by atoms with Gasteiger partial charge < -0.3 is 9.38 Å². The van der Waals surface area contributed by atoms with E-state index in [2.05, 4.69) is 201 Å². The van der Waals surface area contributed by atoms with Crippen LogP contribution in [0.15, 0.2) is 164 Å². The van der Waals surface area contributed by atoms with Gasteiger partial charge >= 0.3 is 6.85 Å². The third-order valence-electron chi connectivity index (χ3n) is 11.9. The Labute approximate surface area is 317 Å². The van der Waals surface area contributed by atoms with Crippen molar-refractivity contribution in [1.82, 2.24) is 4.57 Å². The maximum absolute atomic E-state index is 2.67. The van der Waals surface area contributed by atoms with Crippen molar-refractivity contribution < 1.29 is 0 Å². The fraction of sp³-hybridized carbons (Fsp3) is 0.0980.